The fourth-order valence-corrected chi connectivity index (χ4v) is 6.25. The number of carbonyl (C=O) groups excluding carboxylic acids is 2. The zero-order chi connectivity index (χ0) is 22.2. The molecule has 0 spiro atoms. The third-order valence-corrected chi connectivity index (χ3v) is 7.67. The number of amides is 2. The highest BCUT2D eigenvalue weighted by Gasteiger charge is 2.33. The molecule has 0 saturated carbocycles. The first-order valence-corrected chi connectivity index (χ1v) is 12.0. The molecule has 0 aliphatic carbocycles. The summed E-state index contributed by atoms with van der Waals surface area (Å²) in [5.41, 5.74) is 3.43. The first-order chi connectivity index (χ1) is 15.5. The first kappa shape index (κ1) is 21.1. The molecule has 1 unspecified atom stereocenters. The van der Waals surface area contributed by atoms with Crippen molar-refractivity contribution in [2.24, 2.45) is 0 Å². The molecule has 6 nitrogen and oxygen atoms in total. The summed E-state index contributed by atoms with van der Waals surface area (Å²) in [6, 6.07) is 12.2. The Morgan fingerprint density at radius 2 is 2.00 bits per heavy atom. The molecule has 2 amide bonds. The molecule has 1 aromatic carbocycles. The van der Waals surface area contributed by atoms with Gasteiger partial charge in [0.15, 0.2) is 0 Å². The number of hydrogen-bond acceptors (Lipinski definition) is 5. The van der Waals surface area contributed by atoms with Crippen molar-refractivity contribution >= 4 is 39.1 Å². The van der Waals surface area contributed by atoms with Crippen LogP contribution in [0.1, 0.15) is 39.6 Å². The van der Waals surface area contributed by atoms with Gasteiger partial charge >= 0.3 is 0 Å². The molecular weight excluding hydrogens is 420 g/mol. The fourth-order valence-electron chi connectivity index (χ4n) is 5.00. The number of nitrogens with zero attached hydrogens (tertiary/aromatic N) is 4. The van der Waals surface area contributed by atoms with Gasteiger partial charge in [0.05, 0.1) is 11.4 Å². The van der Waals surface area contributed by atoms with E-state index < -0.39 is 0 Å². The van der Waals surface area contributed by atoms with Gasteiger partial charge in [-0.15, -0.1) is 11.3 Å². The molecule has 7 heteroatoms. The van der Waals surface area contributed by atoms with Crippen LogP contribution in [0.3, 0.4) is 0 Å². The molecule has 0 radical (unpaired) electrons. The number of hydrogen-bond donors (Lipinski definition) is 0. The third kappa shape index (κ3) is 3.80. The Morgan fingerprint density at radius 1 is 1.16 bits per heavy atom. The summed E-state index contributed by atoms with van der Waals surface area (Å²) in [4.78, 5) is 38.1. The van der Waals surface area contributed by atoms with Gasteiger partial charge in [-0.3, -0.25) is 14.5 Å². The lowest BCUT2D eigenvalue weighted by molar-refractivity contribution is -0.119. The Hall–Kier alpha value is -2.77. The number of likely N-dealkylation sites (tertiary alicyclic amines) is 1. The molecule has 1 saturated heterocycles. The van der Waals surface area contributed by atoms with Crippen molar-refractivity contribution < 1.29 is 9.59 Å². The van der Waals surface area contributed by atoms with Crippen LogP contribution in [0.25, 0.3) is 10.2 Å². The van der Waals surface area contributed by atoms with E-state index in [1.54, 1.807) is 25.2 Å². The van der Waals surface area contributed by atoms with Crippen molar-refractivity contribution in [3.63, 3.8) is 0 Å². The smallest absolute Gasteiger partial charge is 0.263 e. The number of para-hydroxylation sites is 1. The molecule has 3 aromatic rings. The summed E-state index contributed by atoms with van der Waals surface area (Å²) in [6.45, 7) is 2.85. The molecule has 2 aliphatic heterocycles. The number of thiophene rings is 1. The second-order valence-electron chi connectivity index (χ2n) is 8.90. The number of benzene rings is 1. The number of anilines is 1. The van der Waals surface area contributed by atoms with Gasteiger partial charge in [-0.25, -0.2) is 4.98 Å². The first-order valence-electron chi connectivity index (χ1n) is 11.2. The SMILES string of the molecule is CN(C)C(=O)c1sc2ncccc2c1C1CCN(CC(=O)N2CCCc3ccccc32)C1. The number of aryl methyl sites for hydroxylation is 1. The lowest BCUT2D eigenvalue weighted by atomic mass is 9.95. The molecule has 0 bridgehead atoms. The fraction of sp³-hybridized carbons (Fsp3) is 0.400. The van der Waals surface area contributed by atoms with Crippen molar-refractivity contribution in [3.05, 3.63) is 58.6 Å². The second-order valence-corrected chi connectivity index (χ2v) is 9.90. The zero-order valence-corrected chi connectivity index (χ0v) is 19.4. The minimum atomic E-state index is 0.0300. The quantitative estimate of drug-likeness (QED) is 0.610. The summed E-state index contributed by atoms with van der Waals surface area (Å²) < 4.78 is 0. The molecule has 166 valence electrons. The molecule has 1 atom stereocenters. The molecule has 1 fully saturated rings. The number of fused-ring (bicyclic) bond motifs is 2. The lowest BCUT2D eigenvalue weighted by Gasteiger charge is -2.31. The van der Waals surface area contributed by atoms with Crippen LogP contribution in [0.4, 0.5) is 5.69 Å². The molecule has 2 aliphatic rings. The average Bonchev–Trinajstić information content (AvgIpc) is 3.42. The molecule has 32 heavy (non-hydrogen) atoms. The van der Waals surface area contributed by atoms with Crippen LogP contribution in [-0.2, 0) is 11.2 Å². The van der Waals surface area contributed by atoms with E-state index in [-0.39, 0.29) is 17.7 Å². The predicted molar refractivity (Wildman–Crippen MR) is 129 cm³/mol. The van der Waals surface area contributed by atoms with Crippen LogP contribution in [-0.4, -0.2) is 66.9 Å². The standard InChI is InChI=1S/C25H28N4O2S/c1-27(2)25(31)23-22(19-9-5-12-26-24(19)32-23)18-11-14-28(15-18)16-21(30)29-13-6-8-17-7-3-4-10-20(17)29/h3-5,7,9-10,12,18H,6,8,11,13-16H2,1-2H3. The Morgan fingerprint density at radius 3 is 2.84 bits per heavy atom. The monoisotopic (exact) mass is 448 g/mol. The summed E-state index contributed by atoms with van der Waals surface area (Å²) in [7, 11) is 3.58. The molecule has 2 aromatic heterocycles. The summed E-state index contributed by atoms with van der Waals surface area (Å²) in [5.74, 6) is 0.426. The number of aromatic nitrogens is 1. The minimum Gasteiger partial charge on any atom is -0.344 e. The average molecular weight is 449 g/mol. The van der Waals surface area contributed by atoms with E-state index >= 15 is 0 Å². The van der Waals surface area contributed by atoms with E-state index in [9.17, 15) is 9.59 Å². The Kier molecular flexibility index (Phi) is 5.69. The molecule has 0 N–H and O–H groups in total. The number of carbonyl (C=O) groups is 2. The summed E-state index contributed by atoms with van der Waals surface area (Å²) >= 11 is 1.48. The van der Waals surface area contributed by atoms with Gasteiger partial charge in [0, 0.05) is 50.4 Å². The van der Waals surface area contributed by atoms with Crippen molar-refractivity contribution in [1.29, 1.82) is 0 Å². The summed E-state index contributed by atoms with van der Waals surface area (Å²) in [5, 5.41) is 1.07. The van der Waals surface area contributed by atoms with Gasteiger partial charge in [0.2, 0.25) is 5.91 Å². The van der Waals surface area contributed by atoms with E-state index in [0.29, 0.717) is 6.54 Å². The Bertz CT molecular complexity index is 1170. The highest BCUT2D eigenvalue weighted by atomic mass is 32.1. The minimum absolute atomic E-state index is 0.0300. The van der Waals surface area contributed by atoms with Crippen molar-refractivity contribution in [1.82, 2.24) is 14.8 Å². The van der Waals surface area contributed by atoms with E-state index in [1.807, 2.05) is 23.1 Å². The largest absolute Gasteiger partial charge is 0.344 e. The maximum Gasteiger partial charge on any atom is 0.263 e. The highest BCUT2D eigenvalue weighted by molar-refractivity contribution is 7.20. The normalized spacial score (nSPS) is 18.7. The van der Waals surface area contributed by atoms with Gasteiger partial charge < -0.3 is 9.80 Å². The Balaban J connectivity index is 1.36. The van der Waals surface area contributed by atoms with Crippen LogP contribution >= 0.6 is 11.3 Å². The second kappa shape index (κ2) is 8.64. The van der Waals surface area contributed by atoms with Crippen molar-refractivity contribution in [3.8, 4) is 0 Å². The topological polar surface area (TPSA) is 56.8 Å². The molecule has 4 heterocycles. The van der Waals surface area contributed by atoms with Gasteiger partial charge in [-0.1, -0.05) is 24.3 Å². The van der Waals surface area contributed by atoms with Crippen LogP contribution in [0.5, 0.6) is 0 Å². The van der Waals surface area contributed by atoms with E-state index in [4.69, 9.17) is 0 Å². The van der Waals surface area contributed by atoms with Crippen LogP contribution in [0, 0.1) is 0 Å². The lowest BCUT2D eigenvalue weighted by Crippen LogP contribution is -2.42. The van der Waals surface area contributed by atoms with Gasteiger partial charge in [-0.2, -0.15) is 0 Å². The van der Waals surface area contributed by atoms with E-state index in [2.05, 4.69) is 28.1 Å². The van der Waals surface area contributed by atoms with E-state index in [0.717, 1.165) is 65.2 Å². The van der Waals surface area contributed by atoms with Gasteiger partial charge in [0.1, 0.15) is 4.83 Å². The van der Waals surface area contributed by atoms with Gasteiger partial charge in [0.25, 0.3) is 5.91 Å². The van der Waals surface area contributed by atoms with Crippen molar-refractivity contribution in [2.45, 2.75) is 25.2 Å². The van der Waals surface area contributed by atoms with Crippen LogP contribution in [0.15, 0.2) is 42.6 Å². The van der Waals surface area contributed by atoms with Crippen LogP contribution < -0.4 is 4.90 Å². The number of rotatable bonds is 4. The third-order valence-electron chi connectivity index (χ3n) is 6.56. The Labute approximate surface area is 192 Å². The van der Waals surface area contributed by atoms with E-state index in [1.165, 1.54) is 16.9 Å². The predicted octanol–water partition coefficient (Wildman–Crippen LogP) is 3.77. The molecule has 5 rings (SSSR count). The number of pyridine rings is 1. The van der Waals surface area contributed by atoms with Crippen LogP contribution in [0.2, 0.25) is 0 Å². The highest BCUT2D eigenvalue weighted by Crippen LogP contribution is 2.40. The maximum atomic E-state index is 13.2. The van der Waals surface area contributed by atoms with Crippen molar-refractivity contribution in [2.75, 3.05) is 45.2 Å². The van der Waals surface area contributed by atoms with Gasteiger partial charge in [-0.05, 0) is 49.1 Å². The summed E-state index contributed by atoms with van der Waals surface area (Å²) in [6.07, 6.45) is 4.77. The molecular formula is C25H28N4O2S. The maximum absolute atomic E-state index is 13.2. The zero-order valence-electron chi connectivity index (χ0n) is 18.6.